The van der Waals surface area contributed by atoms with E-state index in [1.165, 1.54) is 4.90 Å². The lowest BCUT2D eigenvalue weighted by molar-refractivity contribution is -0.195. The second kappa shape index (κ2) is 9.36. The van der Waals surface area contributed by atoms with Crippen molar-refractivity contribution in [3.63, 3.8) is 0 Å². The molecule has 3 aliphatic heterocycles. The Balaban J connectivity index is 1.30. The van der Waals surface area contributed by atoms with Crippen LogP contribution >= 0.6 is 0 Å². The number of para-hydroxylation sites is 1. The van der Waals surface area contributed by atoms with Crippen molar-refractivity contribution in [2.75, 3.05) is 4.90 Å². The normalized spacial score (nSPS) is 28.6. The molecule has 0 bridgehead atoms. The Morgan fingerprint density at radius 3 is 2.29 bits per heavy atom. The van der Waals surface area contributed by atoms with E-state index in [1.807, 2.05) is 60.7 Å². The molecule has 3 heterocycles. The fourth-order valence-electron chi connectivity index (χ4n) is 5.90. The van der Waals surface area contributed by atoms with E-state index in [4.69, 9.17) is 0 Å². The quantitative estimate of drug-likeness (QED) is 0.388. The summed E-state index contributed by atoms with van der Waals surface area (Å²) in [6.45, 7) is 0. The average molecular weight is 513 g/mol. The molecule has 194 valence electrons. The monoisotopic (exact) mass is 512 g/mol. The van der Waals surface area contributed by atoms with Crippen LogP contribution in [0.3, 0.4) is 0 Å². The summed E-state index contributed by atoms with van der Waals surface area (Å²) >= 11 is 0. The Hall–Kier alpha value is -4.05. The van der Waals surface area contributed by atoms with Crippen molar-refractivity contribution in [1.82, 2.24) is 15.7 Å². The van der Waals surface area contributed by atoms with Gasteiger partial charge in [0.2, 0.25) is 11.8 Å². The zero-order chi connectivity index (χ0) is 26.4. The molecule has 3 amide bonds. The van der Waals surface area contributed by atoms with Crippen molar-refractivity contribution < 1.29 is 24.7 Å². The van der Waals surface area contributed by atoms with Crippen molar-refractivity contribution in [1.29, 1.82) is 0 Å². The minimum atomic E-state index is -1.75. The number of benzene rings is 3. The number of nitrogens with zero attached hydrogens (tertiary/aromatic N) is 2. The average Bonchev–Trinajstić information content (AvgIpc) is 3.19. The van der Waals surface area contributed by atoms with Gasteiger partial charge >= 0.3 is 0 Å². The highest BCUT2D eigenvalue weighted by Gasteiger charge is 2.57. The van der Waals surface area contributed by atoms with E-state index in [9.17, 15) is 24.7 Å². The number of hydrogen-bond donors (Lipinski definition) is 4. The van der Waals surface area contributed by atoms with Crippen LogP contribution < -0.4 is 15.5 Å². The third kappa shape index (κ3) is 3.96. The molecule has 0 aromatic heterocycles. The second-order valence-corrected chi connectivity index (χ2v) is 10.1. The highest BCUT2D eigenvalue weighted by atomic mass is 16.5. The summed E-state index contributed by atoms with van der Waals surface area (Å²) in [5.41, 5.74) is 0.985. The van der Waals surface area contributed by atoms with Gasteiger partial charge in [-0.1, -0.05) is 78.9 Å². The predicted molar refractivity (Wildman–Crippen MR) is 138 cm³/mol. The molecule has 9 heteroatoms. The lowest BCUT2D eigenvalue weighted by Gasteiger charge is -2.44. The summed E-state index contributed by atoms with van der Waals surface area (Å²) in [4.78, 5) is 41.2. The Morgan fingerprint density at radius 1 is 0.895 bits per heavy atom. The number of carbonyl (C=O) groups is 3. The topological polar surface area (TPSA) is 122 Å². The Bertz CT molecular complexity index is 1380. The molecule has 38 heavy (non-hydrogen) atoms. The van der Waals surface area contributed by atoms with Gasteiger partial charge in [0, 0.05) is 30.9 Å². The molecule has 0 unspecified atom stereocenters. The molecular formula is C29H28N4O5. The Labute approximate surface area is 219 Å². The first-order valence-electron chi connectivity index (χ1n) is 12.7. The molecule has 2 fully saturated rings. The number of aliphatic hydroxyl groups is 1. The minimum absolute atomic E-state index is 0.168. The summed E-state index contributed by atoms with van der Waals surface area (Å²) in [6.07, 6.45) is -0.780. The molecule has 6 rings (SSSR count). The van der Waals surface area contributed by atoms with Gasteiger partial charge in [0.25, 0.3) is 5.91 Å². The summed E-state index contributed by atoms with van der Waals surface area (Å²) in [6, 6.07) is 23.1. The molecular weight excluding hydrogens is 484 g/mol. The summed E-state index contributed by atoms with van der Waals surface area (Å²) in [7, 11) is 0. The number of rotatable bonds is 5. The molecule has 3 aromatic rings. The van der Waals surface area contributed by atoms with Crippen LogP contribution in [0.15, 0.2) is 84.9 Å². The first-order valence-corrected chi connectivity index (χ1v) is 12.7. The van der Waals surface area contributed by atoms with Crippen molar-refractivity contribution in [2.24, 2.45) is 0 Å². The number of hydrogen-bond acceptors (Lipinski definition) is 6. The maximum Gasteiger partial charge on any atom is 0.269 e. The van der Waals surface area contributed by atoms with Gasteiger partial charge in [-0.15, -0.1) is 0 Å². The second-order valence-electron chi connectivity index (χ2n) is 10.1. The van der Waals surface area contributed by atoms with E-state index in [0.29, 0.717) is 16.3 Å². The zero-order valence-electron chi connectivity index (χ0n) is 20.5. The third-order valence-electron chi connectivity index (χ3n) is 7.77. The van der Waals surface area contributed by atoms with Crippen LogP contribution in [0.4, 0.5) is 5.69 Å². The van der Waals surface area contributed by atoms with Crippen LogP contribution in [0.25, 0.3) is 0 Å². The number of amides is 3. The van der Waals surface area contributed by atoms with Gasteiger partial charge < -0.3 is 10.4 Å². The number of anilines is 1. The summed E-state index contributed by atoms with van der Waals surface area (Å²) in [5.74, 6) is -1.39. The van der Waals surface area contributed by atoms with Gasteiger partial charge in [0.1, 0.15) is 23.9 Å². The van der Waals surface area contributed by atoms with Crippen LogP contribution in [0.1, 0.15) is 35.6 Å². The van der Waals surface area contributed by atoms with Gasteiger partial charge in [0.15, 0.2) is 0 Å². The third-order valence-corrected chi connectivity index (χ3v) is 7.77. The van der Waals surface area contributed by atoms with E-state index >= 15 is 0 Å². The van der Waals surface area contributed by atoms with Gasteiger partial charge in [-0.05, 0) is 17.2 Å². The SMILES string of the molecule is O=C1N[C@@H](Cc2ccccc2)C(=O)N(O)[C@H]1C[C@]1(O)c2ccccc2N2C(=O)C[C@@H](c3ccccc3)N[C@H]21. The molecule has 3 aliphatic rings. The predicted octanol–water partition coefficient (Wildman–Crippen LogP) is 2.00. The minimum Gasteiger partial charge on any atom is -0.381 e. The van der Waals surface area contributed by atoms with Crippen molar-refractivity contribution in [3.05, 3.63) is 102 Å². The number of hydroxylamine groups is 2. The van der Waals surface area contributed by atoms with Crippen LogP contribution in [-0.4, -0.2) is 51.3 Å². The largest absolute Gasteiger partial charge is 0.381 e. The highest BCUT2D eigenvalue weighted by molar-refractivity contribution is 5.99. The van der Waals surface area contributed by atoms with Crippen molar-refractivity contribution in [3.8, 4) is 0 Å². The maximum atomic E-state index is 13.4. The van der Waals surface area contributed by atoms with Gasteiger partial charge in [0.05, 0.1) is 5.69 Å². The van der Waals surface area contributed by atoms with E-state index in [1.54, 1.807) is 24.3 Å². The number of fused-ring (bicyclic) bond motifs is 3. The van der Waals surface area contributed by atoms with Crippen molar-refractivity contribution >= 4 is 23.4 Å². The molecule has 0 radical (unpaired) electrons. The molecule has 0 saturated carbocycles. The van der Waals surface area contributed by atoms with E-state index in [-0.39, 0.29) is 31.2 Å². The molecule has 5 atom stereocenters. The van der Waals surface area contributed by atoms with Crippen LogP contribution in [0.2, 0.25) is 0 Å². The molecule has 0 spiro atoms. The van der Waals surface area contributed by atoms with Gasteiger partial charge in [-0.25, -0.2) is 5.06 Å². The zero-order valence-corrected chi connectivity index (χ0v) is 20.5. The summed E-state index contributed by atoms with van der Waals surface area (Å²) in [5, 5.41) is 29.7. The van der Waals surface area contributed by atoms with Crippen LogP contribution in [0.5, 0.6) is 0 Å². The maximum absolute atomic E-state index is 13.4. The highest BCUT2D eigenvalue weighted by Crippen LogP contribution is 2.49. The lowest BCUT2D eigenvalue weighted by Crippen LogP contribution is -2.66. The van der Waals surface area contributed by atoms with Crippen LogP contribution in [0, 0.1) is 0 Å². The van der Waals surface area contributed by atoms with E-state index < -0.39 is 35.7 Å². The standard InChI is InChI=1S/C29H28N4O5/c34-25-16-21(19-11-5-2-6-12-19)31-28-29(37,20-13-7-8-14-23(20)32(25)28)17-24-26(35)30-22(27(36)33(24)38)15-18-9-3-1-4-10-18/h1-14,21-22,24,28,31,37-38H,15-17H2,(H,30,35)/t21-,22-,24-,28+,29-/m0/s1. The number of carbonyl (C=O) groups excluding carboxylic acids is 3. The van der Waals surface area contributed by atoms with Gasteiger partial charge in [-0.3, -0.25) is 29.8 Å². The van der Waals surface area contributed by atoms with E-state index in [0.717, 1.165) is 11.1 Å². The number of nitrogens with one attached hydrogen (secondary N) is 2. The molecule has 9 nitrogen and oxygen atoms in total. The van der Waals surface area contributed by atoms with Crippen LogP contribution in [-0.2, 0) is 26.4 Å². The molecule has 2 saturated heterocycles. The smallest absolute Gasteiger partial charge is 0.269 e. The fraction of sp³-hybridized carbons (Fsp3) is 0.276. The van der Waals surface area contributed by atoms with Crippen molar-refractivity contribution in [2.45, 2.75) is 49.2 Å². The first kappa shape index (κ1) is 24.3. The van der Waals surface area contributed by atoms with E-state index in [2.05, 4.69) is 10.6 Å². The van der Waals surface area contributed by atoms with Gasteiger partial charge in [-0.2, -0.15) is 0 Å². The fourth-order valence-corrected chi connectivity index (χ4v) is 5.90. The Kier molecular flexibility index (Phi) is 5.98. The first-order chi connectivity index (χ1) is 18.4. The molecule has 4 N–H and O–H groups in total. The number of piperazine rings is 1. The summed E-state index contributed by atoms with van der Waals surface area (Å²) < 4.78 is 0. The molecule has 3 aromatic carbocycles. The Morgan fingerprint density at radius 2 is 1.55 bits per heavy atom. The molecule has 0 aliphatic carbocycles. The lowest BCUT2D eigenvalue weighted by atomic mass is 9.84.